The molecule has 2 heterocycles. The van der Waals surface area contributed by atoms with Crippen LogP contribution in [0.5, 0.6) is 5.75 Å². The molecule has 0 atom stereocenters. The van der Waals surface area contributed by atoms with Crippen molar-refractivity contribution in [3.05, 3.63) is 62.9 Å². The minimum absolute atomic E-state index is 0.00592. The monoisotopic (exact) mass is 462 g/mol. The highest BCUT2D eigenvalue weighted by atomic mass is 35.5. The maximum absolute atomic E-state index is 11.8. The summed E-state index contributed by atoms with van der Waals surface area (Å²) in [4.78, 5) is 23.7. The highest BCUT2D eigenvalue weighted by Gasteiger charge is 2.24. The second-order valence-corrected chi connectivity index (χ2v) is 7.78. The van der Waals surface area contributed by atoms with Crippen LogP contribution in [0.2, 0.25) is 10.0 Å². The first kappa shape index (κ1) is 20.1. The SMILES string of the molecule is COc1ccc2nc(Nc3ncnc(Nc4ccc(Cl)cc4Cl)c3[N+](=O)[O-])sc2c1. The van der Waals surface area contributed by atoms with E-state index in [2.05, 4.69) is 25.6 Å². The molecule has 0 amide bonds. The number of thiazole rings is 1. The van der Waals surface area contributed by atoms with Crippen LogP contribution in [0.3, 0.4) is 0 Å². The summed E-state index contributed by atoms with van der Waals surface area (Å²) in [7, 11) is 1.58. The third kappa shape index (κ3) is 4.06. The van der Waals surface area contributed by atoms with Crippen LogP contribution in [-0.4, -0.2) is 27.0 Å². The number of nitrogens with one attached hydrogen (secondary N) is 2. The molecule has 2 aromatic heterocycles. The van der Waals surface area contributed by atoms with E-state index in [0.717, 1.165) is 10.2 Å². The number of hydrogen-bond acceptors (Lipinski definition) is 9. The van der Waals surface area contributed by atoms with Gasteiger partial charge < -0.3 is 15.4 Å². The Balaban J connectivity index is 1.70. The predicted octanol–water partition coefficient (Wildman–Crippen LogP) is 5.80. The molecule has 0 aliphatic heterocycles. The standard InChI is InChI=1S/C18H12Cl2N6O3S/c1-29-10-3-5-13-14(7-10)30-18(24-13)25-17-15(26(27)28)16(21-8-22-17)23-12-4-2-9(19)6-11(12)20/h2-8H,1H3,(H2,21,22,23,24,25). The molecule has 4 aromatic rings. The number of anilines is 4. The molecular weight excluding hydrogens is 451 g/mol. The molecule has 0 spiro atoms. The number of ether oxygens (including phenoxy) is 1. The van der Waals surface area contributed by atoms with Gasteiger partial charge in [-0.3, -0.25) is 10.1 Å². The number of halogens is 2. The topological polar surface area (TPSA) is 115 Å². The van der Waals surface area contributed by atoms with Crippen LogP contribution in [-0.2, 0) is 0 Å². The molecule has 0 saturated carbocycles. The molecular formula is C18H12Cl2N6O3S. The van der Waals surface area contributed by atoms with E-state index in [-0.39, 0.29) is 17.3 Å². The van der Waals surface area contributed by atoms with Gasteiger partial charge in [-0.1, -0.05) is 34.5 Å². The summed E-state index contributed by atoms with van der Waals surface area (Å²) < 4.78 is 6.07. The normalized spacial score (nSPS) is 10.8. The lowest BCUT2D eigenvalue weighted by Gasteiger charge is -2.10. The molecule has 4 rings (SSSR count). The zero-order valence-corrected chi connectivity index (χ0v) is 17.5. The van der Waals surface area contributed by atoms with Crippen LogP contribution in [0.4, 0.5) is 28.1 Å². The van der Waals surface area contributed by atoms with Crippen molar-refractivity contribution in [1.82, 2.24) is 15.0 Å². The minimum atomic E-state index is -0.579. The van der Waals surface area contributed by atoms with Crippen molar-refractivity contribution in [1.29, 1.82) is 0 Å². The third-order valence-corrected chi connectivity index (χ3v) is 5.49. The summed E-state index contributed by atoms with van der Waals surface area (Å²) in [5.74, 6) is 0.662. The Morgan fingerprint density at radius 2 is 1.87 bits per heavy atom. The Morgan fingerprint density at radius 3 is 2.57 bits per heavy atom. The van der Waals surface area contributed by atoms with Crippen LogP contribution < -0.4 is 15.4 Å². The van der Waals surface area contributed by atoms with Crippen LogP contribution in [0.15, 0.2) is 42.7 Å². The van der Waals surface area contributed by atoms with E-state index in [1.165, 1.54) is 23.7 Å². The average Bonchev–Trinajstić information content (AvgIpc) is 3.11. The van der Waals surface area contributed by atoms with Crippen LogP contribution in [0.25, 0.3) is 10.2 Å². The van der Waals surface area contributed by atoms with Crippen LogP contribution in [0, 0.1) is 10.1 Å². The summed E-state index contributed by atoms with van der Waals surface area (Å²) in [5, 5.41) is 18.7. The largest absolute Gasteiger partial charge is 0.497 e. The van der Waals surface area contributed by atoms with Gasteiger partial charge in [-0.25, -0.2) is 15.0 Å². The van der Waals surface area contributed by atoms with Gasteiger partial charge in [0.2, 0.25) is 11.6 Å². The zero-order valence-electron chi connectivity index (χ0n) is 15.2. The van der Waals surface area contributed by atoms with Gasteiger partial charge in [0, 0.05) is 5.02 Å². The van der Waals surface area contributed by atoms with Gasteiger partial charge >= 0.3 is 5.69 Å². The first-order valence-corrected chi connectivity index (χ1v) is 9.95. The van der Waals surface area contributed by atoms with Crippen molar-refractivity contribution in [3.63, 3.8) is 0 Å². The van der Waals surface area contributed by atoms with Crippen molar-refractivity contribution in [2.24, 2.45) is 0 Å². The second-order valence-electron chi connectivity index (χ2n) is 5.90. The molecule has 0 unspecified atom stereocenters. The van der Waals surface area contributed by atoms with Crippen LogP contribution in [0.1, 0.15) is 0 Å². The van der Waals surface area contributed by atoms with Crippen molar-refractivity contribution in [2.75, 3.05) is 17.7 Å². The highest BCUT2D eigenvalue weighted by molar-refractivity contribution is 7.22. The van der Waals surface area contributed by atoms with E-state index < -0.39 is 4.92 Å². The molecule has 0 radical (unpaired) electrons. The number of nitro groups is 1. The summed E-state index contributed by atoms with van der Waals surface area (Å²) in [6.07, 6.45) is 1.21. The van der Waals surface area contributed by atoms with E-state index in [1.54, 1.807) is 31.4 Å². The number of fused-ring (bicyclic) bond motifs is 1. The van der Waals surface area contributed by atoms with Gasteiger partial charge in [0.1, 0.15) is 12.1 Å². The molecule has 152 valence electrons. The van der Waals surface area contributed by atoms with Gasteiger partial charge in [0.05, 0.1) is 33.0 Å². The first-order chi connectivity index (χ1) is 14.4. The molecule has 0 saturated heterocycles. The van der Waals surface area contributed by atoms with Crippen molar-refractivity contribution >= 4 is 72.9 Å². The van der Waals surface area contributed by atoms with E-state index in [4.69, 9.17) is 27.9 Å². The maximum Gasteiger partial charge on any atom is 0.353 e. The number of rotatable bonds is 6. The van der Waals surface area contributed by atoms with E-state index >= 15 is 0 Å². The fourth-order valence-corrected chi connectivity index (χ4v) is 3.99. The fourth-order valence-electron chi connectivity index (χ4n) is 2.64. The first-order valence-electron chi connectivity index (χ1n) is 8.37. The third-order valence-electron chi connectivity index (χ3n) is 4.01. The number of benzene rings is 2. The minimum Gasteiger partial charge on any atom is -0.497 e. The summed E-state index contributed by atoms with van der Waals surface area (Å²) in [5.41, 5.74) is 0.799. The smallest absolute Gasteiger partial charge is 0.353 e. The Bertz CT molecular complexity index is 1270. The summed E-state index contributed by atoms with van der Waals surface area (Å²) in [6.45, 7) is 0. The number of aromatic nitrogens is 3. The molecule has 0 aliphatic rings. The maximum atomic E-state index is 11.8. The molecule has 0 bridgehead atoms. The Kier molecular flexibility index (Phi) is 5.53. The Labute approximate surface area is 183 Å². The van der Waals surface area contributed by atoms with Gasteiger partial charge in [-0.2, -0.15) is 0 Å². The van der Waals surface area contributed by atoms with Crippen molar-refractivity contribution in [3.8, 4) is 5.75 Å². The van der Waals surface area contributed by atoms with Gasteiger partial charge in [0.25, 0.3) is 0 Å². The Morgan fingerprint density at radius 1 is 1.10 bits per heavy atom. The molecule has 30 heavy (non-hydrogen) atoms. The summed E-state index contributed by atoms with van der Waals surface area (Å²) in [6, 6.07) is 10.2. The molecule has 0 aliphatic carbocycles. The molecule has 2 N–H and O–H groups in total. The highest BCUT2D eigenvalue weighted by Crippen LogP contribution is 2.37. The number of hydrogen-bond donors (Lipinski definition) is 2. The van der Waals surface area contributed by atoms with Crippen LogP contribution >= 0.6 is 34.5 Å². The molecule has 2 aromatic carbocycles. The van der Waals surface area contributed by atoms with Gasteiger partial charge in [0.15, 0.2) is 5.13 Å². The fraction of sp³-hybridized carbons (Fsp3) is 0.0556. The lowest BCUT2D eigenvalue weighted by molar-refractivity contribution is -0.383. The predicted molar refractivity (Wildman–Crippen MR) is 118 cm³/mol. The van der Waals surface area contributed by atoms with Crippen molar-refractivity contribution < 1.29 is 9.66 Å². The average molecular weight is 463 g/mol. The number of nitrogens with zero attached hydrogens (tertiary/aromatic N) is 4. The van der Waals surface area contributed by atoms with E-state index in [0.29, 0.717) is 26.6 Å². The number of methoxy groups -OCH3 is 1. The quantitative estimate of drug-likeness (QED) is 0.272. The van der Waals surface area contributed by atoms with E-state index in [1.807, 2.05) is 6.07 Å². The zero-order chi connectivity index (χ0) is 21.3. The lowest BCUT2D eigenvalue weighted by Crippen LogP contribution is -2.05. The van der Waals surface area contributed by atoms with Crippen molar-refractivity contribution in [2.45, 2.75) is 0 Å². The Hall–Kier alpha value is -3.21. The van der Waals surface area contributed by atoms with Gasteiger partial charge in [-0.15, -0.1) is 0 Å². The van der Waals surface area contributed by atoms with E-state index in [9.17, 15) is 10.1 Å². The lowest BCUT2D eigenvalue weighted by atomic mass is 10.3. The molecule has 9 nitrogen and oxygen atoms in total. The second kappa shape index (κ2) is 8.27. The molecule has 0 fully saturated rings. The molecule has 12 heteroatoms. The summed E-state index contributed by atoms with van der Waals surface area (Å²) >= 11 is 13.4. The van der Waals surface area contributed by atoms with Gasteiger partial charge in [-0.05, 0) is 36.4 Å².